The summed E-state index contributed by atoms with van der Waals surface area (Å²) in [6, 6.07) is 0. The summed E-state index contributed by atoms with van der Waals surface area (Å²) in [5.41, 5.74) is -0.625. The van der Waals surface area contributed by atoms with Crippen LogP contribution in [-0.4, -0.2) is 33.1 Å². The Kier molecular flexibility index (Phi) is 2.97. The van der Waals surface area contributed by atoms with Gasteiger partial charge in [0.2, 0.25) is 0 Å². The van der Waals surface area contributed by atoms with Crippen molar-refractivity contribution < 1.29 is 19.4 Å². The van der Waals surface area contributed by atoms with E-state index in [1.54, 1.807) is 6.08 Å². The molecule has 16 heavy (non-hydrogen) atoms. The molecule has 3 atom stereocenters. The van der Waals surface area contributed by atoms with Crippen LogP contribution < -0.4 is 0 Å². The normalized spacial score (nSPS) is 36.0. The largest absolute Gasteiger partial charge is 0.481 e. The van der Waals surface area contributed by atoms with E-state index in [-0.39, 0.29) is 5.25 Å². The molecule has 0 saturated carbocycles. The quantitative estimate of drug-likeness (QED) is 0.461. The van der Waals surface area contributed by atoms with Gasteiger partial charge in [-0.25, -0.2) is 0 Å². The van der Waals surface area contributed by atoms with Crippen molar-refractivity contribution in [2.75, 3.05) is 0 Å². The molecule has 2 fully saturated rings. The lowest BCUT2D eigenvalue weighted by molar-refractivity contribution is -0.160. The number of ether oxygens (including phenoxy) is 1. The van der Waals surface area contributed by atoms with Crippen molar-refractivity contribution >= 4 is 23.7 Å². The second-order valence-corrected chi connectivity index (χ2v) is 5.74. The van der Waals surface area contributed by atoms with Gasteiger partial charge < -0.3 is 9.84 Å². The topological polar surface area (TPSA) is 63.6 Å². The van der Waals surface area contributed by atoms with Crippen LogP contribution in [0.5, 0.6) is 0 Å². The van der Waals surface area contributed by atoms with E-state index in [1.165, 1.54) is 0 Å². The lowest BCUT2D eigenvalue weighted by Crippen LogP contribution is -2.41. The van der Waals surface area contributed by atoms with Crippen LogP contribution in [0.25, 0.3) is 0 Å². The minimum Gasteiger partial charge on any atom is -0.481 e. The summed E-state index contributed by atoms with van der Waals surface area (Å²) >= 11 is 1.83. The van der Waals surface area contributed by atoms with Gasteiger partial charge in [-0.3, -0.25) is 9.59 Å². The van der Waals surface area contributed by atoms with Gasteiger partial charge in [0.05, 0.1) is 0 Å². The molecule has 2 heterocycles. The molecule has 0 amide bonds. The summed E-state index contributed by atoms with van der Waals surface area (Å²) < 4.78 is 5.33. The Morgan fingerprint density at radius 3 is 2.75 bits per heavy atom. The summed E-state index contributed by atoms with van der Waals surface area (Å²) in [5.74, 6) is -1.82. The van der Waals surface area contributed by atoms with Crippen molar-refractivity contribution in [1.82, 2.24) is 0 Å². The van der Waals surface area contributed by atoms with Gasteiger partial charge in [-0.2, -0.15) is 11.8 Å². The molecule has 0 aromatic rings. The van der Waals surface area contributed by atoms with Gasteiger partial charge in [0, 0.05) is 16.9 Å². The molecule has 2 saturated heterocycles. The highest BCUT2D eigenvalue weighted by atomic mass is 32.2. The molecule has 0 aliphatic carbocycles. The van der Waals surface area contributed by atoms with E-state index in [2.05, 4.69) is 6.58 Å². The first-order valence-electron chi connectivity index (χ1n) is 5.28. The van der Waals surface area contributed by atoms with Crippen molar-refractivity contribution in [2.24, 2.45) is 0 Å². The van der Waals surface area contributed by atoms with Crippen molar-refractivity contribution in [3.05, 3.63) is 12.7 Å². The lowest BCUT2D eigenvalue weighted by Gasteiger charge is -2.32. The average Bonchev–Trinajstić information content (AvgIpc) is 2.76. The number of fused-ring (bicyclic) bond motifs is 2. The first kappa shape index (κ1) is 11.5. The number of carboxylic acids is 1. The van der Waals surface area contributed by atoms with E-state index in [1.807, 2.05) is 11.8 Å². The van der Waals surface area contributed by atoms with Gasteiger partial charge in [0.1, 0.15) is 12.0 Å². The van der Waals surface area contributed by atoms with Crippen LogP contribution in [0, 0.1) is 0 Å². The van der Waals surface area contributed by atoms with Crippen molar-refractivity contribution in [1.29, 1.82) is 0 Å². The predicted molar refractivity (Wildman–Crippen MR) is 60.3 cm³/mol. The molecule has 2 rings (SSSR count). The van der Waals surface area contributed by atoms with Crippen LogP contribution in [0.3, 0.4) is 0 Å². The molecule has 3 unspecified atom stereocenters. The highest BCUT2D eigenvalue weighted by molar-refractivity contribution is 8.01. The van der Waals surface area contributed by atoms with E-state index in [0.717, 1.165) is 19.3 Å². The van der Waals surface area contributed by atoms with Gasteiger partial charge >= 0.3 is 11.9 Å². The zero-order valence-corrected chi connectivity index (χ0v) is 9.66. The fraction of sp³-hybridized carbons (Fsp3) is 0.636. The van der Waals surface area contributed by atoms with E-state index in [9.17, 15) is 9.59 Å². The molecular formula is C11H14O4S. The van der Waals surface area contributed by atoms with Crippen molar-refractivity contribution in [2.45, 2.75) is 41.8 Å². The summed E-state index contributed by atoms with van der Waals surface area (Å²) in [6.07, 6.45) is 4.04. The van der Waals surface area contributed by atoms with Crippen LogP contribution in [0.1, 0.15) is 25.7 Å². The zero-order valence-electron chi connectivity index (χ0n) is 8.85. The van der Waals surface area contributed by atoms with Gasteiger partial charge in [-0.15, -0.1) is 0 Å². The molecular weight excluding hydrogens is 228 g/mol. The number of hydrogen-bond acceptors (Lipinski definition) is 4. The number of carbonyl (C=O) groups excluding carboxylic acids is 1. The number of hydrogen-bond donors (Lipinski definition) is 1. The smallest absolute Gasteiger partial charge is 0.318 e. The number of rotatable bonds is 4. The van der Waals surface area contributed by atoms with E-state index >= 15 is 0 Å². The molecule has 2 aliphatic rings. The molecule has 0 spiro atoms. The van der Waals surface area contributed by atoms with E-state index in [0.29, 0.717) is 5.25 Å². The van der Waals surface area contributed by atoms with Gasteiger partial charge in [-0.1, -0.05) is 6.58 Å². The monoisotopic (exact) mass is 242 g/mol. The Morgan fingerprint density at radius 1 is 1.56 bits per heavy atom. The zero-order chi connectivity index (χ0) is 11.8. The molecule has 2 bridgehead atoms. The first-order chi connectivity index (χ1) is 7.55. The minimum atomic E-state index is -1.15. The van der Waals surface area contributed by atoms with Crippen LogP contribution in [0.2, 0.25) is 0 Å². The molecule has 88 valence electrons. The van der Waals surface area contributed by atoms with Crippen molar-refractivity contribution in [3.8, 4) is 0 Å². The summed E-state index contributed by atoms with van der Waals surface area (Å²) in [6.45, 7) is 3.73. The van der Waals surface area contributed by atoms with Crippen LogP contribution in [0.15, 0.2) is 12.7 Å². The molecule has 0 aromatic carbocycles. The summed E-state index contributed by atoms with van der Waals surface area (Å²) in [4.78, 5) is 21.8. The average molecular weight is 242 g/mol. The lowest BCUT2D eigenvalue weighted by atomic mass is 9.85. The summed E-state index contributed by atoms with van der Waals surface area (Å²) in [5, 5.41) is 9.30. The first-order valence-corrected chi connectivity index (χ1v) is 6.23. The maximum atomic E-state index is 11.4. The number of esters is 1. The van der Waals surface area contributed by atoms with Gasteiger partial charge in [0.25, 0.3) is 0 Å². The molecule has 0 aromatic heterocycles. The van der Waals surface area contributed by atoms with Gasteiger partial charge in [-0.05, 0) is 18.9 Å². The number of carboxylic acid groups (broad SMARTS) is 1. The van der Waals surface area contributed by atoms with Crippen LogP contribution >= 0.6 is 11.8 Å². The number of aliphatic carboxylic acids is 1. The Hall–Kier alpha value is -0.970. The third-order valence-electron chi connectivity index (χ3n) is 3.14. The third-order valence-corrected chi connectivity index (χ3v) is 4.89. The Morgan fingerprint density at radius 2 is 2.31 bits per heavy atom. The van der Waals surface area contributed by atoms with Gasteiger partial charge in [0.15, 0.2) is 0 Å². The Bertz CT molecular complexity index is 341. The SMILES string of the molecule is C=CC1(OC(=O)CC(=O)O)CC2CCC1S2. The fourth-order valence-corrected chi connectivity index (χ4v) is 4.27. The standard InChI is InChI=1S/C11H14O4S/c1-2-11(15-10(14)5-9(12)13)6-7-3-4-8(11)16-7/h2,7-8H,1,3-6H2,(H,12,13). The van der Waals surface area contributed by atoms with E-state index in [4.69, 9.17) is 9.84 Å². The van der Waals surface area contributed by atoms with Crippen molar-refractivity contribution in [3.63, 3.8) is 0 Å². The third kappa shape index (κ3) is 1.96. The Labute approximate surface area is 98.0 Å². The molecule has 5 heteroatoms. The molecule has 4 nitrogen and oxygen atoms in total. The minimum absolute atomic E-state index is 0.257. The molecule has 1 N–H and O–H groups in total. The Balaban J connectivity index is 2.03. The predicted octanol–water partition coefficient (Wildman–Crippen LogP) is 1.60. The maximum absolute atomic E-state index is 11.4. The van der Waals surface area contributed by atoms with E-state index < -0.39 is 24.0 Å². The fourth-order valence-electron chi connectivity index (χ4n) is 2.44. The highest BCUT2D eigenvalue weighted by Crippen LogP contribution is 2.53. The number of carbonyl (C=O) groups is 2. The van der Waals surface area contributed by atoms with Crippen LogP contribution in [0.4, 0.5) is 0 Å². The molecule has 2 aliphatic heterocycles. The maximum Gasteiger partial charge on any atom is 0.318 e. The molecule has 0 radical (unpaired) electrons. The number of thioether (sulfide) groups is 1. The summed E-state index contributed by atoms with van der Waals surface area (Å²) in [7, 11) is 0. The second-order valence-electron chi connectivity index (χ2n) is 4.23. The second kappa shape index (κ2) is 4.13. The highest BCUT2D eigenvalue weighted by Gasteiger charge is 2.52. The van der Waals surface area contributed by atoms with Crippen LogP contribution in [-0.2, 0) is 14.3 Å².